The molecule has 0 fully saturated rings. The maximum absolute atomic E-state index is 13.2. The second-order valence-electron chi connectivity index (χ2n) is 6.98. The van der Waals surface area contributed by atoms with E-state index in [1.165, 1.54) is 23.3 Å². The monoisotopic (exact) mass is 383 g/mol. The normalized spacial score (nSPS) is 13.6. The molecule has 1 aromatic carbocycles. The number of hydrogen-bond donors (Lipinski definition) is 1. The molecule has 0 spiro atoms. The number of hydrogen-bond acceptors (Lipinski definition) is 5. The summed E-state index contributed by atoms with van der Waals surface area (Å²) >= 11 is 1.70. The highest BCUT2D eigenvalue weighted by Gasteiger charge is 2.21. The molecule has 1 N–H and O–H groups in total. The molecule has 27 heavy (non-hydrogen) atoms. The summed E-state index contributed by atoms with van der Waals surface area (Å²) in [4.78, 5) is 20.3. The molecule has 2 aromatic heterocycles. The van der Waals surface area contributed by atoms with Crippen LogP contribution in [0.15, 0.2) is 29.1 Å². The molecule has 2 heterocycles. The molecule has 0 radical (unpaired) electrons. The largest absolute Gasteiger partial charge is 0.497 e. The first-order valence-electron chi connectivity index (χ1n) is 9.63. The number of thiophene rings is 1. The minimum Gasteiger partial charge on any atom is -0.497 e. The number of rotatable bonds is 6. The fourth-order valence-electron chi connectivity index (χ4n) is 3.73. The first kappa shape index (κ1) is 18.0. The van der Waals surface area contributed by atoms with Crippen LogP contribution in [0.4, 0.5) is 5.95 Å². The molecular weight excluding hydrogens is 358 g/mol. The topological polar surface area (TPSA) is 56.1 Å². The highest BCUT2D eigenvalue weighted by Crippen LogP contribution is 2.34. The minimum atomic E-state index is 0.110. The summed E-state index contributed by atoms with van der Waals surface area (Å²) in [5.41, 5.74) is 2.49. The molecule has 1 aliphatic carbocycles. The molecule has 0 amide bonds. The number of benzene rings is 1. The highest BCUT2D eigenvalue weighted by molar-refractivity contribution is 7.18. The Labute approximate surface area is 163 Å². The van der Waals surface area contributed by atoms with E-state index in [0.29, 0.717) is 19.0 Å². The molecule has 0 bridgehead atoms. The summed E-state index contributed by atoms with van der Waals surface area (Å²) in [5.74, 6) is 1.51. The van der Waals surface area contributed by atoms with E-state index in [1.54, 1.807) is 18.4 Å². The number of nitrogens with zero attached hydrogens (tertiary/aromatic N) is 2. The number of aryl methyl sites for hydroxylation is 2. The summed E-state index contributed by atoms with van der Waals surface area (Å²) in [5, 5.41) is 4.24. The molecule has 3 aromatic rings. The van der Waals surface area contributed by atoms with E-state index >= 15 is 0 Å². The number of ether oxygens (including phenoxy) is 1. The van der Waals surface area contributed by atoms with Crippen LogP contribution < -0.4 is 15.6 Å². The van der Waals surface area contributed by atoms with Gasteiger partial charge in [0.25, 0.3) is 5.56 Å². The van der Waals surface area contributed by atoms with E-state index in [4.69, 9.17) is 9.72 Å². The standard InChI is InChI=1S/C21H25N3O2S/c1-3-12-24-20(25)18-16-6-4-5-7-17(16)27-19(18)23-21(24)22-13-14-8-10-15(26-2)11-9-14/h8-11H,3-7,12-13H2,1-2H3,(H,22,23). The summed E-state index contributed by atoms with van der Waals surface area (Å²) in [7, 11) is 1.66. The second kappa shape index (κ2) is 7.72. The first-order valence-corrected chi connectivity index (χ1v) is 10.4. The zero-order valence-electron chi connectivity index (χ0n) is 15.9. The van der Waals surface area contributed by atoms with Gasteiger partial charge in [0.15, 0.2) is 0 Å². The summed E-state index contributed by atoms with van der Waals surface area (Å²) in [6, 6.07) is 7.94. The SMILES string of the molecule is CCCn1c(NCc2ccc(OC)cc2)nc2sc3c(c2c1=O)CCCC3. The van der Waals surface area contributed by atoms with Gasteiger partial charge >= 0.3 is 0 Å². The van der Waals surface area contributed by atoms with Gasteiger partial charge in [0.1, 0.15) is 10.6 Å². The smallest absolute Gasteiger partial charge is 0.263 e. The summed E-state index contributed by atoms with van der Waals surface area (Å²) in [6.07, 6.45) is 5.38. The van der Waals surface area contributed by atoms with Gasteiger partial charge in [-0.05, 0) is 55.4 Å². The van der Waals surface area contributed by atoms with Gasteiger partial charge in [-0.2, -0.15) is 0 Å². The molecule has 0 atom stereocenters. The molecule has 0 saturated heterocycles. The van der Waals surface area contributed by atoms with Gasteiger partial charge in [-0.25, -0.2) is 4.98 Å². The van der Waals surface area contributed by atoms with Gasteiger partial charge in [0, 0.05) is 18.0 Å². The summed E-state index contributed by atoms with van der Waals surface area (Å²) < 4.78 is 7.02. The van der Waals surface area contributed by atoms with Crippen LogP contribution in [0.25, 0.3) is 10.2 Å². The Hall–Kier alpha value is -2.34. The quantitative estimate of drug-likeness (QED) is 0.687. The predicted octanol–water partition coefficient (Wildman–Crippen LogP) is 4.37. The lowest BCUT2D eigenvalue weighted by atomic mass is 9.97. The van der Waals surface area contributed by atoms with Gasteiger partial charge in [-0.1, -0.05) is 19.1 Å². The zero-order chi connectivity index (χ0) is 18.8. The van der Waals surface area contributed by atoms with Gasteiger partial charge in [-0.3, -0.25) is 9.36 Å². The van der Waals surface area contributed by atoms with E-state index in [-0.39, 0.29) is 5.56 Å². The Balaban J connectivity index is 1.70. The summed E-state index contributed by atoms with van der Waals surface area (Å²) in [6.45, 7) is 3.39. The van der Waals surface area contributed by atoms with E-state index in [2.05, 4.69) is 12.2 Å². The second-order valence-corrected chi connectivity index (χ2v) is 8.07. The van der Waals surface area contributed by atoms with Crippen molar-refractivity contribution in [3.63, 3.8) is 0 Å². The van der Waals surface area contributed by atoms with Crippen molar-refractivity contribution in [2.45, 2.75) is 52.1 Å². The maximum atomic E-state index is 13.2. The molecule has 142 valence electrons. The van der Waals surface area contributed by atoms with Crippen molar-refractivity contribution in [1.29, 1.82) is 0 Å². The van der Waals surface area contributed by atoms with Crippen molar-refractivity contribution in [1.82, 2.24) is 9.55 Å². The fraction of sp³-hybridized carbons (Fsp3) is 0.429. The van der Waals surface area contributed by atoms with Crippen molar-refractivity contribution in [2.75, 3.05) is 12.4 Å². The molecule has 5 nitrogen and oxygen atoms in total. The van der Waals surface area contributed by atoms with Crippen LogP contribution in [0.3, 0.4) is 0 Å². The lowest BCUT2D eigenvalue weighted by molar-refractivity contribution is 0.414. The lowest BCUT2D eigenvalue weighted by Crippen LogP contribution is -2.25. The molecule has 6 heteroatoms. The zero-order valence-corrected chi connectivity index (χ0v) is 16.7. The highest BCUT2D eigenvalue weighted by atomic mass is 32.1. The number of aromatic nitrogens is 2. The predicted molar refractivity (Wildman–Crippen MR) is 111 cm³/mol. The average Bonchev–Trinajstić information content (AvgIpc) is 3.07. The molecule has 0 saturated carbocycles. The Bertz CT molecular complexity index is 1000. The van der Waals surface area contributed by atoms with Gasteiger partial charge in [0.05, 0.1) is 12.5 Å². The number of fused-ring (bicyclic) bond motifs is 3. The third-order valence-electron chi connectivity index (χ3n) is 5.13. The van der Waals surface area contributed by atoms with Crippen LogP contribution in [0.1, 0.15) is 42.2 Å². The number of methoxy groups -OCH3 is 1. The fourth-order valence-corrected chi connectivity index (χ4v) is 4.98. The van der Waals surface area contributed by atoms with Crippen molar-refractivity contribution < 1.29 is 4.74 Å². The Morgan fingerprint density at radius 3 is 2.74 bits per heavy atom. The molecular formula is C21H25N3O2S. The van der Waals surface area contributed by atoms with E-state index in [9.17, 15) is 4.79 Å². The average molecular weight is 384 g/mol. The van der Waals surface area contributed by atoms with Crippen LogP contribution in [0.2, 0.25) is 0 Å². The van der Waals surface area contributed by atoms with Crippen molar-refractivity contribution in [3.8, 4) is 5.75 Å². The van der Waals surface area contributed by atoms with Crippen LogP contribution in [-0.4, -0.2) is 16.7 Å². The number of nitrogens with one attached hydrogen (secondary N) is 1. The minimum absolute atomic E-state index is 0.110. The third-order valence-corrected chi connectivity index (χ3v) is 6.32. The first-order chi connectivity index (χ1) is 13.2. The van der Waals surface area contributed by atoms with Crippen molar-refractivity contribution in [3.05, 3.63) is 50.6 Å². The van der Waals surface area contributed by atoms with Crippen molar-refractivity contribution >= 4 is 27.5 Å². The Morgan fingerprint density at radius 2 is 2.00 bits per heavy atom. The van der Waals surface area contributed by atoms with Crippen LogP contribution in [0, 0.1) is 0 Å². The third kappa shape index (κ3) is 3.46. The Morgan fingerprint density at radius 1 is 1.22 bits per heavy atom. The molecule has 4 rings (SSSR count). The molecule has 0 aliphatic heterocycles. The van der Waals surface area contributed by atoms with E-state index in [0.717, 1.165) is 40.8 Å². The van der Waals surface area contributed by atoms with Crippen LogP contribution in [-0.2, 0) is 25.9 Å². The lowest BCUT2D eigenvalue weighted by Gasteiger charge is -2.14. The van der Waals surface area contributed by atoms with E-state index in [1.807, 2.05) is 28.8 Å². The van der Waals surface area contributed by atoms with E-state index < -0.39 is 0 Å². The molecule has 1 aliphatic rings. The van der Waals surface area contributed by atoms with Gasteiger partial charge in [-0.15, -0.1) is 11.3 Å². The van der Waals surface area contributed by atoms with Crippen LogP contribution in [0.5, 0.6) is 5.75 Å². The molecule has 0 unspecified atom stereocenters. The van der Waals surface area contributed by atoms with Gasteiger partial charge in [0.2, 0.25) is 5.95 Å². The van der Waals surface area contributed by atoms with Crippen LogP contribution >= 0.6 is 11.3 Å². The van der Waals surface area contributed by atoms with Gasteiger partial charge < -0.3 is 10.1 Å². The Kier molecular flexibility index (Phi) is 5.16. The maximum Gasteiger partial charge on any atom is 0.263 e. The van der Waals surface area contributed by atoms with Crippen molar-refractivity contribution in [2.24, 2.45) is 0 Å². The number of anilines is 1.